The summed E-state index contributed by atoms with van der Waals surface area (Å²) in [5.41, 5.74) is 2.07. The van der Waals surface area contributed by atoms with Gasteiger partial charge in [0.15, 0.2) is 0 Å². The smallest absolute Gasteiger partial charge is 0.139 e. The SMILES string of the molecule is COc1cc(OC)cc(N2CC(O)=C(c3nc(C)cs3)C2=N)c1. The van der Waals surface area contributed by atoms with Crippen LogP contribution in [0.15, 0.2) is 29.3 Å². The van der Waals surface area contributed by atoms with Crippen LogP contribution in [0, 0.1) is 12.3 Å². The van der Waals surface area contributed by atoms with Crippen LogP contribution in [-0.4, -0.2) is 36.7 Å². The average Bonchev–Trinajstić information content (AvgIpc) is 3.09. The van der Waals surface area contributed by atoms with E-state index in [-0.39, 0.29) is 18.1 Å². The highest BCUT2D eigenvalue weighted by Crippen LogP contribution is 2.35. The number of anilines is 1. The number of amidine groups is 1. The quantitative estimate of drug-likeness (QED) is 0.899. The van der Waals surface area contributed by atoms with Crippen LogP contribution in [0.25, 0.3) is 5.57 Å². The number of thiazole rings is 1. The molecule has 0 amide bonds. The molecule has 2 aromatic rings. The Bertz CT molecular complexity index is 775. The lowest BCUT2D eigenvalue weighted by molar-refractivity contribution is 0.394. The van der Waals surface area contributed by atoms with E-state index in [9.17, 15) is 5.11 Å². The third kappa shape index (κ3) is 2.75. The average molecular weight is 331 g/mol. The number of aliphatic hydroxyl groups is 1. The van der Waals surface area contributed by atoms with E-state index >= 15 is 0 Å². The molecule has 6 nitrogen and oxygen atoms in total. The van der Waals surface area contributed by atoms with Gasteiger partial charge in [-0.1, -0.05) is 0 Å². The predicted molar refractivity (Wildman–Crippen MR) is 91.0 cm³/mol. The van der Waals surface area contributed by atoms with Gasteiger partial charge in [0, 0.05) is 29.3 Å². The topological polar surface area (TPSA) is 78.7 Å². The second kappa shape index (κ2) is 5.92. The minimum Gasteiger partial charge on any atom is -0.510 e. The van der Waals surface area contributed by atoms with Crippen LogP contribution in [0.2, 0.25) is 0 Å². The molecule has 23 heavy (non-hydrogen) atoms. The molecule has 0 aliphatic carbocycles. The second-order valence-corrected chi connectivity index (χ2v) is 5.98. The van der Waals surface area contributed by atoms with Gasteiger partial charge in [-0.3, -0.25) is 5.41 Å². The lowest BCUT2D eigenvalue weighted by Crippen LogP contribution is -2.26. The summed E-state index contributed by atoms with van der Waals surface area (Å²) in [6.45, 7) is 2.12. The van der Waals surface area contributed by atoms with Gasteiger partial charge in [-0.25, -0.2) is 4.98 Å². The molecule has 1 aromatic heterocycles. The first-order valence-corrected chi connectivity index (χ1v) is 7.85. The summed E-state index contributed by atoms with van der Waals surface area (Å²) in [6, 6.07) is 5.38. The first kappa shape index (κ1) is 15.4. The van der Waals surface area contributed by atoms with E-state index in [1.807, 2.05) is 12.3 Å². The predicted octanol–water partition coefficient (Wildman–Crippen LogP) is 3.24. The van der Waals surface area contributed by atoms with Crippen molar-refractivity contribution in [3.05, 3.63) is 40.0 Å². The number of benzene rings is 1. The van der Waals surface area contributed by atoms with Crippen molar-refractivity contribution in [3.8, 4) is 11.5 Å². The Hall–Kier alpha value is -2.54. The molecule has 1 aliphatic rings. The normalized spacial score (nSPS) is 14.6. The van der Waals surface area contributed by atoms with E-state index in [1.54, 1.807) is 37.3 Å². The Morgan fingerprint density at radius 3 is 2.39 bits per heavy atom. The number of nitrogens with one attached hydrogen (secondary N) is 1. The van der Waals surface area contributed by atoms with Gasteiger partial charge in [-0.05, 0) is 6.92 Å². The number of aliphatic hydroxyl groups excluding tert-OH is 1. The van der Waals surface area contributed by atoms with Crippen LogP contribution < -0.4 is 14.4 Å². The molecule has 0 spiro atoms. The van der Waals surface area contributed by atoms with Gasteiger partial charge in [-0.2, -0.15) is 0 Å². The molecule has 3 rings (SSSR count). The summed E-state index contributed by atoms with van der Waals surface area (Å²) in [4.78, 5) is 6.07. The van der Waals surface area contributed by atoms with Crippen molar-refractivity contribution in [1.29, 1.82) is 5.41 Å². The van der Waals surface area contributed by atoms with Gasteiger partial charge in [0.2, 0.25) is 0 Å². The Morgan fingerprint density at radius 1 is 1.22 bits per heavy atom. The Kier molecular flexibility index (Phi) is 3.96. The minimum absolute atomic E-state index is 0.145. The van der Waals surface area contributed by atoms with Gasteiger partial charge in [0.1, 0.15) is 28.1 Å². The molecule has 7 heteroatoms. The molecule has 1 aromatic carbocycles. The Balaban J connectivity index is 1.97. The number of rotatable bonds is 4. The Morgan fingerprint density at radius 2 is 1.87 bits per heavy atom. The maximum atomic E-state index is 10.3. The summed E-state index contributed by atoms with van der Waals surface area (Å²) in [5.74, 6) is 1.62. The number of ether oxygens (including phenoxy) is 2. The van der Waals surface area contributed by atoms with Crippen LogP contribution in [0.1, 0.15) is 10.7 Å². The number of aromatic nitrogens is 1. The number of hydrogen-bond donors (Lipinski definition) is 2. The van der Waals surface area contributed by atoms with Gasteiger partial charge >= 0.3 is 0 Å². The molecular weight excluding hydrogens is 314 g/mol. The van der Waals surface area contributed by atoms with E-state index in [1.165, 1.54) is 11.3 Å². The molecule has 0 radical (unpaired) electrons. The maximum absolute atomic E-state index is 10.3. The van der Waals surface area contributed by atoms with Crippen molar-refractivity contribution in [2.24, 2.45) is 0 Å². The fourth-order valence-electron chi connectivity index (χ4n) is 2.44. The standard InChI is InChI=1S/C16H17N3O3S/c1-9-8-23-16(18-9)14-13(20)7-19(15(14)17)10-4-11(21-2)6-12(5-10)22-3/h4-6,8,17,20H,7H2,1-3H3. The monoisotopic (exact) mass is 331 g/mol. The van der Waals surface area contributed by atoms with Gasteiger partial charge in [0.25, 0.3) is 0 Å². The van der Waals surface area contributed by atoms with E-state index in [4.69, 9.17) is 14.9 Å². The highest BCUT2D eigenvalue weighted by atomic mass is 32.1. The number of methoxy groups -OCH3 is 2. The molecule has 120 valence electrons. The molecule has 0 fully saturated rings. The maximum Gasteiger partial charge on any atom is 0.139 e. The molecule has 1 aliphatic heterocycles. The van der Waals surface area contributed by atoms with E-state index in [2.05, 4.69) is 4.98 Å². The summed E-state index contributed by atoms with van der Waals surface area (Å²) >= 11 is 1.42. The van der Waals surface area contributed by atoms with Crippen molar-refractivity contribution >= 4 is 28.4 Å². The van der Waals surface area contributed by atoms with Crippen molar-refractivity contribution in [3.63, 3.8) is 0 Å². The number of aryl methyl sites for hydroxylation is 1. The molecule has 0 bridgehead atoms. The fourth-order valence-corrected chi connectivity index (χ4v) is 3.31. The fraction of sp³-hybridized carbons (Fsp3) is 0.250. The van der Waals surface area contributed by atoms with Gasteiger partial charge in [-0.15, -0.1) is 11.3 Å². The minimum atomic E-state index is 0.145. The van der Waals surface area contributed by atoms with Crippen molar-refractivity contribution in [1.82, 2.24) is 4.98 Å². The summed E-state index contributed by atoms with van der Waals surface area (Å²) in [6.07, 6.45) is 0. The van der Waals surface area contributed by atoms with Gasteiger partial charge < -0.3 is 19.5 Å². The summed E-state index contributed by atoms with van der Waals surface area (Å²) < 4.78 is 10.5. The zero-order chi connectivity index (χ0) is 16.6. The zero-order valence-electron chi connectivity index (χ0n) is 13.1. The lowest BCUT2D eigenvalue weighted by Gasteiger charge is -2.20. The van der Waals surface area contributed by atoms with E-state index in [0.717, 1.165) is 11.4 Å². The van der Waals surface area contributed by atoms with Crippen molar-refractivity contribution in [2.45, 2.75) is 6.92 Å². The summed E-state index contributed by atoms with van der Waals surface area (Å²) in [5, 5.41) is 21.3. The van der Waals surface area contributed by atoms with Crippen LogP contribution in [0.4, 0.5) is 5.69 Å². The van der Waals surface area contributed by atoms with E-state index < -0.39 is 0 Å². The van der Waals surface area contributed by atoms with E-state index in [0.29, 0.717) is 22.1 Å². The molecule has 0 atom stereocenters. The highest BCUT2D eigenvalue weighted by molar-refractivity contribution is 7.11. The van der Waals surface area contributed by atoms with Crippen molar-refractivity contribution < 1.29 is 14.6 Å². The molecule has 2 heterocycles. The van der Waals surface area contributed by atoms with Crippen LogP contribution in [-0.2, 0) is 0 Å². The first-order valence-electron chi connectivity index (χ1n) is 6.97. The van der Waals surface area contributed by atoms with Crippen LogP contribution in [0.5, 0.6) is 11.5 Å². The largest absolute Gasteiger partial charge is 0.510 e. The van der Waals surface area contributed by atoms with Crippen molar-refractivity contribution in [2.75, 3.05) is 25.7 Å². The third-order valence-corrected chi connectivity index (χ3v) is 4.56. The third-order valence-electron chi connectivity index (χ3n) is 3.58. The molecule has 2 N–H and O–H groups in total. The van der Waals surface area contributed by atoms with Crippen LogP contribution in [0.3, 0.4) is 0 Å². The molecule has 0 saturated heterocycles. The number of nitrogens with zero attached hydrogens (tertiary/aromatic N) is 2. The molecule has 0 unspecified atom stereocenters. The number of hydrogen-bond acceptors (Lipinski definition) is 6. The van der Waals surface area contributed by atoms with Crippen LogP contribution >= 0.6 is 11.3 Å². The lowest BCUT2D eigenvalue weighted by atomic mass is 10.2. The summed E-state index contributed by atoms with van der Waals surface area (Å²) in [7, 11) is 3.15. The highest BCUT2D eigenvalue weighted by Gasteiger charge is 2.31. The zero-order valence-corrected chi connectivity index (χ0v) is 13.9. The second-order valence-electron chi connectivity index (χ2n) is 5.12. The molecule has 0 saturated carbocycles. The van der Waals surface area contributed by atoms with Gasteiger partial charge in [0.05, 0.1) is 32.0 Å². The Labute approximate surface area is 138 Å². The first-order chi connectivity index (χ1) is 11.0. The molecular formula is C16H17N3O3S.